The van der Waals surface area contributed by atoms with Crippen LogP contribution in [0.15, 0.2) is 0 Å². The number of hydrogen-bond donors (Lipinski definition) is 1. The topological polar surface area (TPSA) is 20.3 Å². The molecule has 78 valence electrons. The first-order valence-electron chi connectivity index (χ1n) is 4.90. The Hall–Kier alpha value is -0.180. The van der Waals surface area contributed by atoms with E-state index in [0.29, 0.717) is 5.92 Å². The summed E-state index contributed by atoms with van der Waals surface area (Å²) in [5.74, 6) is 0.444. The van der Waals surface area contributed by atoms with Crippen molar-refractivity contribution in [2.45, 2.75) is 45.9 Å². The molecule has 0 aromatic rings. The molecule has 0 N–H and O–H groups in total. The van der Waals surface area contributed by atoms with Gasteiger partial charge in [0, 0.05) is 12.6 Å². The molecular formula is C10H21NOS. The zero-order valence-corrected chi connectivity index (χ0v) is 10.1. The molecule has 0 radical (unpaired) electrons. The van der Waals surface area contributed by atoms with Gasteiger partial charge >= 0.3 is 0 Å². The second-order valence-corrected chi connectivity index (χ2v) is 4.46. The van der Waals surface area contributed by atoms with Crippen molar-refractivity contribution < 1.29 is 4.79 Å². The van der Waals surface area contributed by atoms with Gasteiger partial charge in [-0.25, -0.2) is 0 Å². The van der Waals surface area contributed by atoms with Crippen LogP contribution < -0.4 is 0 Å². The van der Waals surface area contributed by atoms with Gasteiger partial charge in [0.2, 0.25) is 5.91 Å². The second-order valence-electron chi connectivity index (χ2n) is 3.91. The summed E-state index contributed by atoms with van der Waals surface area (Å²) in [7, 11) is 0. The summed E-state index contributed by atoms with van der Waals surface area (Å²) in [5, 5.41) is -0.164. The fourth-order valence-corrected chi connectivity index (χ4v) is 1.38. The molecule has 0 spiro atoms. The molecule has 13 heavy (non-hydrogen) atoms. The third-order valence-electron chi connectivity index (χ3n) is 2.13. The Balaban J connectivity index is 4.37. The highest BCUT2D eigenvalue weighted by Gasteiger charge is 2.24. The molecule has 0 aliphatic carbocycles. The van der Waals surface area contributed by atoms with Crippen molar-refractivity contribution in [2.24, 2.45) is 5.92 Å². The van der Waals surface area contributed by atoms with E-state index >= 15 is 0 Å². The zero-order chi connectivity index (χ0) is 10.6. The lowest BCUT2D eigenvalue weighted by molar-refractivity contribution is -0.132. The van der Waals surface area contributed by atoms with Crippen LogP contribution in [-0.2, 0) is 4.79 Å². The van der Waals surface area contributed by atoms with E-state index < -0.39 is 0 Å². The van der Waals surface area contributed by atoms with Crippen LogP contribution in [0.3, 0.4) is 0 Å². The molecule has 0 heterocycles. The largest absolute Gasteiger partial charge is 0.340 e. The van der Waals surface area contributed by atoms with Crippen LogP contribution in [-0.4, -0.2) is 28.6 Å². The number of carbonyl (C=O) groups is 1. The number of rotatable bonds is 4. The lowest BCUT2D eigenvalue weighted by atomic mass is 10.1. The van der Waals surface area contributed by atoms with Crippen molar-refractivity contribution in [2.75, 3.05) is 6.54 Å². The first kappa shape index (κ1) is 12.8. The number of amides is 1. The average molecular weight is 203 g/mol. The first-order chi connectivity index (χ1) is 5.91. The van der Waals surface area contributed by atoms with Crippen molar-refractivity contribution in [3.63, 3.8) is 0 Å². The van der Waals surface area contributed by atoms with Gasteiger partial charge < -0.3 is 4.90 Å². The van der Waals surface area contributed by atoms with Crippen molar-refractivity contribution in [3.8, 4) is 0 Å². The quantitative estimate of drug-likeness (QED) is 0.695. The van der Waals surface area contributed by atoms with E-state index in [1.54, 1.807) is 0 Å². The minimum Gasteiger partial charge on any atom is -0.340 e. The summed E-state index contributed by atoms with van der Waals surface area (Å²) < 4.78 is 0. The van der Waals surface area contributed by atoms with Gasteiger partial charge in [-0.2, -0.15) is 12.6 Å². The van der Waals surface area contributed by atoms with Crippen molar-refractivity contribution in [1.82, 2.24) is 4.90 Å². The number of nitrogens with zero attached hydrogens (tertiary/aromatic N) is 1. The summed E-state index contributed by atoms with van der Waals surface area (Å²) in [6.45, 7) is 10.9. The molecule has 0 aromatic heterocycles. The zero-order valence-electron chi connectivity index (χ0n) is 9.24. The number of hydrogen-bond acceptors (Lipinski definition) is 2. The molecule has 3 heteroatoms. The van der Waals surface area contributed by atoms with Crippen LogP contribution in [0.25, 0.3) is 0 Å². The molecule has 1 unspecified atom stereocenters. The Morgan fingerprint density at radius 2 is 1.77 bits per heavy atom. The second kappa shape index (κ2) is 5.53. The van der Waals surface area contributed by atoms with Gasteiger partial charge in [0.05, 0.1) is 5.25 Å². The monoisotopic (exact) mass is 203 g/mol. The van der Waals surface area contributed by atoms with Crippen LogP contribution in [0.4, 0.5) is 0 Å². The fourth-order valence-electron chi connectivity index (χ4n) is 1.23. The Labute approximate surface area is 87.1 Å². The maximum atomic E-state index is 11.8. The first-order valence-corrected chi connectivity index (χ1v) is 5.42. The predicted molar refractivity (Wildman–Crippen MR) is 60.1 cm³/mol. The van der Waals surface area contributed by atoms with Gasteiger partial charge in [-0.15, -0.1) is 0 Å². The minimum atomic E-state index is -0.164. The lowest BCUT2D eigenvalue weighted by Gasteiger charge is -2.29. The average Bonchev–Trinajstić information content (AvgIpc) is 2.03. The van der Waals surface area contributed by atoms with E-state index in [0.717, 1.165) is 6.54 Å². The number of thiol groups is 1. The predicted octanol–water partition coefficient (Wildman–Crippen LogP) is 2.20. The fraction of sp³-hybridized carbons (Fsp3) is 0.900. The van der Waals surface area contributed by atoms with E-state index in [1.807, 2.05) is 39.5 Å². The van der Waals surface area contributed by atoms with E-state index in [9.17, 15) is 4.79 Å². The standard InChI is InChI=1S/C10H21NOS/c1-6-11(8(4)5)10(12)9(13)7(2)3/h7-9,13H,6H2,1-5H3. The smallest absolute Gasteiger partial charge is 0.235 e. The normalized spacial score (nSPS) is 13.5. The van der Waals surface area contributed by atoms with Crippen molar-refractivity contribution >= 4 is 18.5 Å². The molecule has 0 fully saturated rings. The highest BCUT2D eigenvalue weighted by molar-refractivity contribution is 7.81. The van der Waals surface area contributed by atoms with Crippen molar-refractivity contribution in [3.05, 3.63) is 0 Å². The molecule has 0 saturated carbocycles. The maximum absolute atomic E-state index is 11.8. The maximum Gasteiger partial charge on any atom is 0.235 e. The highest BCUT2D eigenvalue weighted by Crippen LogP contribution is 2.13. The molecule has 0 aliphatic rings. The SMILES string of the molecule is CCN(C(=O)C(S)C(C)C)C(C)C. The van der Waals surface area contributed by atoms with Crippen LogP contribution in [0.1, 0.15) is 34.6 Å². The van der Waals surface area contributed by atoms with E-state index in [-0.39, 0.29) is 17.2 Å². The summed E-state index contributed by atoms with van der Waals surface area (Å²) >= 11 is 4.32. The Morgan fingerprint density at radius 3 is 2.00 bits per heavy atom. The molecule has 0 bridgehead atoms. The molecule has 0 saturated heterocycles. The van der Waals surface area contributed by atoms with Gasteiger partial charge in [0.25, 0.3) is 0 Å². The van der Waals surface area contributed by atoms with Gasteiger partial charge in [-0.1, -0.05) is 13.8 Å². The highest BCUT2D eigenvalue weighted by atomic mass is 32.1. The molecular weight excluding hydrogens is 182 g/mol. The summed E-state index contributed by atoms with van der Waals surface area (Å²) in [4.78, 5) is 13.7. The van der Waals surface area contributed by atoms with Gasteiger partial charge in [-0.3, -0.25) is 4.79 Å². The Kier molecular flexibility index (Phi) is 5.45. The van der Waals surface area contributed by atoms with Gasteiger partial charge in [-0.05, 0) is 26.7 Å². The Bertz CT molecular complexity index is 168. The van der Waals surface area contributed by atoms with Gasteiger partial charge in [0.15, 0.2) is 0 Å². The summed E-state index contributed by atoms with van der Waals surface area (Å²) in [6, 6.07) is 0.269. The lowest BCUT2D eigenvalue weighted by Crippen LogP contribution is -2.42. The summed E-state index contributed by atoms with van der Waals surface area (Å²) in [6.07, 6.45) is 0. The molecule has 1 amide bonds. The van der Waals surface area contributed by atoms with E-state index in [4.69, 9.17) is 0 Å². The van der Waals surface area contributed by atoms with E-state index in [1.165, 1.54) is 0 Å². The molecule has 0 rings (SSSR count). The third-order valence-corrected chi connectivity index (χ3v) is 2.95. The molecule has 0 aliphatic heterocycles. The molecule has 1 atom stereocenters. The van der Waals surface area contributed by atoms with Crippen LogP contribution in [0, 0.1) is 5.92 Å². The molecule has 2 nitrogen and oxygen atoms in total. The molecule has 0 aromatic carbocycles. The van der Waals surface area contributed by atoms with Crippen molar-refractivity contribution in [1.29, 1.82) is 0 Å². The van der Waals surface area contributed by atoms with E-state index in [2.05, 4.69) is 12.6 Å². The Morgan fingerprint density at radius 1 is 1.31 bits per heavy atom. The third kappa shape index (κ3) is 3.59. The van der Waals surface area contributed by atoms with Gasteiger partial charge in [0.1, 0.15) is 0 Å². The number of carbonyl (C=O) groups excluding carboxylic acids is 1. The van der Waals surface area contributed by atoms with Crippen LogP contribution in [0.5, 0.6) is 0 Å². The summed E-state index contributed by atoms with van der Waals surface area (Å²) in [5.41, 5.74) is 0. The van der Waals surface area contributed by atoms with Crippen LogP contribution in [0.2, 0.25) is 0 Å². The van der Waals surface area contributed by atoms with Crippen LogP contribution >= 0.6 is 12.6 Å². The minimum absolute atomic E-state index is 0.149.